The zero-order valence-corrected chi connectivity index (χ0v) is 9.26. The van der Waals surface area contributed by atoms with Crippen LogP contribution in [0.4, 0.5) is 0 Å². The molecule has 1 heterocycles. The van der Waals surface area contributed by atoms with E-state index in [1.165, 1.54) is 0 Å². The molecule has 0 aromatic heterocycles. The number of Topliss-reactive ketones (excluding diaryl/α,β-unsaturated/α-hetero) is 1. The Balaban J connectivity index is 2.43. The number of carboxylic acid groups (broad SMARTS) is 2. The van der Waals surface area contributed by atoms with E-state index in [1.54, 1.807) is 0 Å². The molecule has 7 nitrogen and oxygen atoms in total. The van der Waals surface area contributed by atoms with Crippen LogP contribution in [0, 0.1) is 5.92 Å². The summed E-state index contributed by atoms with van der Waals surface area (Å²) < 4.78 is 0. The summed E-state index contributed by atoms with van der Waals surface area (Å²) in [5, 5.41) is 19.9. The largest absolute Gasteiger partial charge is 0.481 e. The van der Waals surface area contributed by atoms with Crippen molar-refractivity contribution in [3.63, 3.8) is 0 Å². The third-order valence-corrected chi connectivity index (χ3v) is 2.87. The van der Waals surface area contributed by atoms with Gasteiger partial charge in [0, 0.05) is 18.9 Å². The summed E-state index contributed by atoms with van der Waals surface area (Å²) in [6.45, 7) is 0.288. The van der Waals surface area contributed by atoms with E-state index in [1.807, 2.05) is 0 Å². The molecule has 17 heavy (non-hydrogen) atoms. The van der Waals surface area contributed by atoms with E-state index in [0.29, 0.717) is 0 Å². The monoisotopic (exact) mass is 244 g/mol. The fraction of sp³-hybridized carbons (Fsp3) is 0.700. The first-order chi connectivity index (χ1) is 7.91. The molecule has 0 aliphatic carbocycles. The Morgan fingerprint density at radius 2 is 2.00 bits per heavy atom. The van der Waals surface area contributed by atoms with Gasteiger partial charge in [0.25, 0.3) is 0 Å². The Labute approximate surface area is 98.0 Å². The molecule has 0 spiro atoms. The molecule has 1 saturated heterocycles. The van der Waals surface area contributed by atoms with Crippen LogP contribution in [0.15, 0.2) is 0 Å². The van der Waals surface area contributed by atoms with Crippen LogP contribution in [-0.4, -0.2) is 46.6 Å². The molecular weight excluding hydrogens is 228 g/mol. The van der Waals surface area contributed by atoms with Crippen LogP contribution in [0.5, 0.6) is 0 Å². The van der Waals surface area contributed by atoms with Crippen molar-refractivity contribution in [2.45, 2.75) is 31.3 Å². The Morgan fingerprint density at radius 1 is 1.35 bits per heavy atom. The molecule has 1 aliphatic rings. The first-order valence-corrected chi connectivity index (χ1v) is 5.39. The van der Waals surface area contributed by atoms with Gasteiger partial charge >= 0.3 is 11.9 Å². The zero-order valence-electron chi connectivity index (χ0n) is 9.26. The lowest BCUT2D eigenvalue weighted by molar-refractivity contribution is -0.139. The summed E-state index contributed by atoms with van der Waals surface area (Å²) in [6.07, 6.45) is 0.146. The number of carbonyl (C=O) groups is 3. The minimum absolute atomic E-state index is 0.0857. The van der Waals surface area contributed by atoms with Gasteiger partial charge in [0.2, 0.25) is 0 Å². The van der Waals surface area contributed by atoms with Crippen molar-refractivity contribution in [2.75, 3.05) is 6.54 Å². The Morgan fingerprint density at radius 3 is 2.47 bits per heavy atom. The van der Waals surface area contributed by atoms with Crippen LogP contribution in [0.1, 0.15) is 19.3 Å². The van der Waals surface area contributed by atoms with Gasteiger partial charge in [-0.3, -0.25) is 14.4 Å². The highest BCUT2D eigenvalue weighted by molar-refractivity contribution is 5.88. The molecule has 0 aromatic carbocycles. The van der Waals surface area contributed by atoms with Crippen molar-refractivity contribution in [2.24, 2.45) is 11.7 Å². The third kappa shape index (κ3) is 3.79. The van der Waals surface area contributed by atoms with E-state index < -0.39 is 29.9 Å². The molecule has 0 aromatic rings. The maximum Gasteiger partial charge on any atom is 0.320 e. The van der Waals surface area contributed by atoms with Gasteiger partial charge in [0.05, 0.1) is 6.04 Å². The Kier molecular flexibility index (Phi) is 4.59. The molecule has 1 unspecified atom stereocenters. The smallest absolute Gasteiger partial charge is 0.320 e. The molecule has 0 saturated carbocycles. The van der Waals surface area contributed by atoms with Crippen molar-refractivity contribution in [3.8, 4) is 0 Å². The predicted molar refractivity (Wildman–Crippen MR) is 57.4 cm³/mol. The third-order valence-electron chi connectivity index (χ3n) is 2.87. The summed E-state index contributed by atoms with van der Waals surface area (Å²) in [4.78, 5) is 32.8. The van der Waals surface area contributed by atoms with Crippen LogP contribution in [0.2, 0.25) is 0 Å². The number of aliphatic carboxylic acids is 2. The van der Waals surface area contributed by atoms with E-state index in [4.69, 9.17) is 15.9 Å². The average Bonchev–Trinajstić information content (AvgIpc) is 2.73. The quantitative estimate of drug-likeness (QED) is 0.462. The van der Waals surface area contributed by atoms with Crippen molar-refractivity contribution in [1.82, 2.24) is 5.32 Å². The molecule has 3 atom stereocenters. The molecule has 5 N–H and O–H groups in total. The molecule has 1 rings (SSSR count). The minimum Gasteiger partial charge on any atom is -0.481 e. The van der Waals surface area contributed by atoms with Crippen LogP contribution in [0.25, 0.3) is 0 Å². The van der Waals surface area contributed by atoms with E-state index in [2.05, 4.69) is 5.32 Å². The zero-order chi connectivity index (χ0) is 13.0. The van der Waals surface area contributed by atoms with Crippen molar-refractivity contribution >= 4 is 17.7 Å². The second kappa shape index (κ2) is 5.74. The summed E-state index contributed by atoms with van der Waals surface area (Å²) in [5.74, 6) is -2.68. The number of nitrogens with one attached hydrogen (secondary N) is 1. The number of hydrogen-bond acceptors (Lipinski definition) is 5. The number of nitrogens with two attached hydrogens (primary N) is 1. The molecule has 0 bridgehead atoms. The lowest BCUT2D eigenvalue weighted by Crippen LogP contribution is -2.36. The van der Waals surface area contributed by atoms with Crippen LogP contribution in [-0.2, 0) is 14.4 Å². The number of rotatable bonds is 6. The second-order valence-corrected chi connectivity index (χ2v) is 4.17. The fourth-order valence-electron chi connectivity index (χ4n) is 1.86. The fourth-order valence-corrected chi connectivity index (χ4v) is 1.86. The SMILES string of the molecule is N[C@@H](CCC(=O)O)C(=O)C1CN[C@H](C(=O)O)C1. The van der Waals surface area contributed by atoms with Gasteiger partial charge in [-0.25, -0.2) is 0 Å². The van der Waals surface area contributed by atoms with E-state index >= 15 is 0 Å². The number of carbonyl (C=O) groups excluding carboxylic acids is 1. The molecule has 1 aliphatic heterocycles. The number of ketones is 1. The van der Waals surface area contributed by atoms with E-state index in [9.17, 15) is 14.4 Å². The summed E-state index contributed by atoms with van der Waals surface area (Å²) in [5.41, 5.74) is 5.58. The normalized spacial score (nSPS) is 25.5. The number of carboxylic acids is 2. The highest BCUT2D eigenvalue weighted by atomic mass is 16.4. The van der Waals surface area contributed by atoms with Gasteiger partial charge in [-0.15, -0.1) is 0 Å². The highest BCUT2D eigenvalue weighted by Crippen LogP contribution is 2.17. The average molecular weight is 244 g/mol. The van der Waals surface area contributed by atoms with Crippen molar-refractivity contribution < 1.29 is 24.6 Å². The molecule has 1 fully saturated rings. The maximum absolute atomic E-state index is 11.8. The first kappa shape index (κ1) is 13.6. The standard InChI is InChI=1S/C10H16N2O5/c11-6(1-2-8(13)14)9(15)5-3-7(10(16)17)12-4-5/h5-7,12H,1-4,11H2,(H,13,14)(H,16,17)/t5?,6-,7-/m0/s1. The van der Waals surface area contributed by atoms with Crippen LogP contribution >= 0.6 is 0 Å². The lowest BCUT2D eigenvalue weighted by atomic mass is 9.93. The second-order valence-electron chi connectivity index (χ2n) is 4.17. The minimum atomic E-state index is -0.999. The van der Waals surface area contributed by atoms with Gasteiger partial charge in [-0.1, -0.05) is 0 Å². The topological polar surface area (TPSA) is 130 Å². The maximum atomic E-state index is 11.8. The summed E-state index contributed by atoms with van der Waals surface area (Å²) in [7, 11) is 0. The molecule has 0 amide bonds. The molecule has 7 heteroatoms. The van der Waals surface area contributed by atoms with Crippen molar-refractivity contribution in [3.05, 3.63) is 0 Å². The van der Waals surface area contributed by atoms with Gasteiger partial charge in [0.1, 0.15) is 6.04 Å². The first-order valence-electron chi connectivity index (χ1n) is 5.39. The summed E-state index contributed by atoms with van der Waals surface area (Å²) in [6, 6.07) is -1.54. The lowest BCUT2D eigenvalue weighted by Gasteiger charge is -2.13. The van der Waals surface area contributed by atoms with E-state index in [0.717, 1.165) is 0 Å². The van der Waals surface area contributed by atoms with Gasteiger partial charge < -0.3 is 21.3 Å². The molecule has 96 valence electrons. The van der Waals surface area contributed by atoms with Crippen LogP contribution < -0.4 is 11.1 Å². The van der Waals surface area contributed by atoms with Gasteiger partial charge in [0.15, 0.2) is 5.78 Å². The van der Waals surface area contributed by atoms with E-state index in [-0.39, 0.29) is 31.6 Å². The highest BCUT2D eigenvalue weighted by Gasteiger charge is 2.35. The summed E-state index contributed by atoms with van der Waals surface area (Å²) >= 11 is 0. The molecular formula is C10H16N2O5. The predicted octanol–water partition coefficient (Wildman–Crippen LogP) is -1.19. The number of hydrogen-bond donors (Lipinski definition) is 4. The van der Waals surface area contributed by atoms with Crippen molar-refractivity contribution in [1.29, 1.82) is 0 Å². The van der Waals surface area contributed by atoms with Crippen LogP contribution in [0.3, 0.4) is 0 Å². The van der Waals surface area contributed by atoms with Gasteiger partial charge in [-0.2, -0.15) is 0 Å². The Bertz CT molecular complexity index is 331. The molecule has 0 radical (unpaired) electrons. The Hall–Kier alpha value is -1.47. The van der Waals surface area contributed by atoms with Gasteiger partial charge in [-0.05, 0) is 12.8 Å².